The van der Waals surface area contributed by atoms with Gasteiger partial charge in [-0.05, 0) is 51.7 Å². The van der Waals surface area contributed by atoms with Gasteiger partial charge in [0.25, 0.3) is 0 Å². The monoisotopic (exact) mass is 422 g/mol. The summed E-state index contributed by atoms with van der Waals surface area (Å²) in [5, 5.41) is 40.9. The molecule has 0 spiro atoms. The zero-order valence-electron chi connectivity index (χ0n) is 17.8. The van der Waals surface area contributed by atoms with Gasteiger partial charge < -0.3 is 24.8 Å². The number of fused-ring (bicyclic) bond motifs is 1. The standard InChI is InChI=1S/C25H26O6/c1-13(2)5-6-15(14(3)4)9-18-20(28)11-23-24(25(18)30)21(29)12-22(31-23)17-8-7-16(26)10-19(17)27/h5,7-8,10-12,15,26-28,30H,3,6,9H2,1-2,4H3/t15-/m1/s1. The van der Waals surface area contributed by atoms with E-state index >= 15 is 0 Å². The van der Waals surface area contributed by atoms with Crippen molar-refractivity contribution >= 4 is 11.0 Å². The lowest BCUT2D eigenvalue weighted by Gasteiger charge is -2.18. The summed E-state index contributed by atoms with van der Waals surface area (Å²) >= 11 is 0. The van der Waals surface area contributed by atoms with Gasteiger partial charge in [-0.1, -0.05) is 23.8 Å². The highest BCUT2D eigenvalue weighted by molar-refractivity contribution is 5.88. The first-order valence-electron chi connectivity index (χ1n) is 9.91. The Balaban J connectivity index is 2.11. The van der Waals surface area contributed by atoms with Crippen LogP contribution in [0.2, 0.25) is 0 Å². The van der Waals surface area contributed by atoms with Gasteiger partial charge >= 0.3 is 0 Å². The minimum atomic E-state index is -0.515. The van der Waals surface area contributed by atoms with Crippen LogP contribution in [0.25, 0.3) is 22.3 Å². The molecule has 1 heterocycles. The summed E-state index contributed by atoms with van der Waals surface area (Å²) in [6.45, 7) is 9.90. The lowest BCUT2D eigenvalue weighted by atomic mass is 9.88. The molecule has 162 valence electrons. The molecule has 2 aromatic carbocycles. The minimum Gasteiger partial charge on any atom is -0.508 e. The molecule has 3 aromatic rings. The Morgan fingerprint density at radius 2 is 1.77 bits per heavy atom. The van der Waals surface area contributed by atoms with Crippen molar-refractivity contribution in [2.45, 2.75) is 33.6 Å². The summed E-state index contributed by atoms with van der Waals surface area (Å²) in [4.78, 5) is 12.8. The zero-order chi connectivity index (χ0) is 22.9. The van der Waals surface area contributed by atoms with Crippen LogP contribution in [-0.2, 0) is 6.42 Å². The lowest BCUT2D eigenvalue weighted by Crippen LogP contribution is -2.08. The summed E-state index contributed by atoms with van der Waals surface area (Å²) in [6.07, 6.45) is 3.08. The van der Waals surface area contributed by atoms with Crippen LogP contribution in [0.5, 0.6) is 23.0 Å². The molecule has 0 aliphatic heterocycles. The van der Waals surface area contributed by atoms with Gasteiger partial charge in [-0.25, -0.2) is 0 Å². The number of aromatic hydroxyl groups is 4. The second-order valence-corrected chi connectivity index (χ2v) is 8.04. The maximum absolute atomic E-state index is 12.8. The molecule has 0 unspecified atom stereocenters. The third-order valence-electron chi connectivity index (χ3n) is 5.28. The average molecular weight is 422 g/mol. The van der Waals surface area contributed by atoms with Crippen LogP contribution in [-0.4, -0.2) is 20.4 Å². The molecule has 1 aromatic heterocycles. The molecule has 31 heavy (non-hydrogen) atoms. The van der Waals surface area contributed by atoms with Crippen LogP contribution in [0.4, 0.5) is 0 Å². The zero-order valence-corrected chi connectivity index (χ0v) is 17.8. The number of rotatable bonds is 6. The predicted molar refractivity (Wildman–Crippen MR) is 121 cm³/mol. The molecule has 3 rings (SSSR count). The van der Waals surface area contributed by atoms with E-state index in [9.17, 15) is 25.2 Å². The molecular weight excluding hydrogens is 396 g/mol. The Morgan fingerprint density at radius 1 is 1.06 bits per heavy atom. The van der Waals surface area contributed by atoms with Crippen LogP contribution in [0, 0.1) is 5.92 Å². The van der Waals surface area contributed by atoms with E-state index in [1.54, 1.807) is 0 Å². The largest absolute Gasteiger partial charge is 0.508 e. The van der Waals surface area contributed by atoms with Crippen molar-refractivity contribution in [3.63, 3.8) is 0 Å². The van der Waals surface area contributed by atoms with Gasteiger partial charge in [0.2, 0.25) is 0 Å². The van der Waals surface area contributed by atoms with Gasteiger partial charge in [0.1, 0.15) is 39.7 Å². The number of phenolic OH excluding ortho intramolecular Hbond substituents is 4. The van der Waals surface area contributed by atoms with Crippen LogP contribution in [0.3, 0.4) is 0 Å². The first kappa shape index (κ1) is 22.0. The van der Waals surface area contributed by atoms with E-state index in [1.165, 1.54) is 18.2 Å². The Labute approximate surface area is 180 Å². The molecule has 0 fully saturated rings. The van der Waals surface area contributed by atoms with Crippen molar-refractivity contribution in [1.82, 2.24) is 0 Å². The fraction of sp³-hybridized carbons (Fsp3) is 0.240. The smallest absolute Gasteiger partial charge is 0.197 e. The molecule has 0 aliphatic rings. The van der Waals surface area contributed by atoms with Crippen LogP contribution in [0.15, 0.2) is 63.3 Å². The van der Waals surface area contributed by atoms with E-state index in [1.807, 2.05) is 20.8 Å². The van der Waals surface area contributed by atoms with Crippen molar-refractivity contribution in [1.29, 1.82) is 0 Å². The van der Waals surface area contributed by atoms with Crippen molar-refractivity contribution < 1.29 is 24.8 Å². The Morgan fingerprint density at radius 3 is 2.39 bits per heavy atom. The highest BCUT2D eigenvalue weighted by Crippen LogP contribution is 2.39. The van der Waals surface area contributed by atoms with Crippen LogP contribution < -0.4 is 5.43 Å². The number of benzene rings is 2. The Kier molecular flexibility index (Phi) is 6.11. The third kappa shape index (κ3) is 4.58. The summed E-state index contributed by atoms with van der Waals surface area (Å²) < 4.78 is 5.71. The molecule has 0 aliphatic carbocycles. The number of phenols is 4. The fourth-order valence-corrected chi connectivity index (χ4v) is 3.48. The van der Waals surface area contributed by atoms with E-state index in [0.717, 1.165) is 23.3 Å². The summed E-state index contributed by atoms with van der Waals surface area (Å²) in [6, 6.07) is 6.34. The van der Waals surface area contributed by atoms with Crippen LogP contribution >= 0.6 is 0 Å². The van der Waals surface area contributed by atoms with E-state index < -0.39 is 5.43 Å². The number of hydrogen-bond donors (Lipinski definition) is 4. The SMILES string of the molecule is C=C(C)[C@H](CC=C(C)C)Cc1c(O)cc2oc(-c3ccc(O)cc3O)cc(=O)c2c1O. The molecular formula is C25H26O6. The van der Waals surface area contributed by atoms with E-state index in [2.05, 4.69) is 12.7 Å². The minimum absolute atomic E-state index is 0.00935. The molecule has 0 bridgehead atoms. The van der Waals surface area contributed by atoms with Crippen molar-refractivity contribution in [3.05, 3.63) is 69.9 Å². The molecule has 0 amide bonds. The molecule has 0 saturated carbocycles. The molecule has 6 heteroatoms. The fourth-order valence-electron chi connectivity index (χ4n) is 3.48. The van der Waals surface area contributed by atoms with Crippen molar-refractivity contribution in [2.75, 3.05) is 0 Å². The summed E-state index contributed by atoms with van der Waals surface area (Å²) in [7, 11) is 0. The maximum Gasteiger partial charge on any atom is 0.197 e. The van der Waals surface area contributed by atoms with E-state index in [0.29, 0.717) is 12.8 Å². The van der Waals surface area contributed by atoms with Crippen molar-refractivity contribution in [3.8, 4) is 34.3 Å². The Hall–Kier alpha value is -3.67. The van der Waals surface area contributed by atoms with Gasteiger partial charge in [0, 0.05) is 23.8 Å². The predicted octanol–water partition coefficient (Wildman–Crippen LogP) is 5.37. The van der Waals surface area contributed by atoms with E-state index in [4.69, 9.17) is 4.42 Å². The number of allylic oxidation sites excluding steroid dienone is 3. The lowest BCUT2D eigenvalue weighted by molar-refractivity contribution is 0.432. The Bertz CT molecular complexity index is 1250. The van der Waals surface area contributed by atoms with Gasteiger partial charge in [-0.15, -0.1) is 0 Å². The molecule has 1 atom stereocenters. The van der Waals surface area contributed by atoms with Crippen LogP contribution in [0.1, 0.15) is 32.8 Å². The van der Waals surface area contributed by atoms with Gasteiger partial charge in [0.05, 0.1) is 5.56 Å². The average Bonchev–Trinajstić information content (AvgIpc) is 2.66. The highest BCUT2D eigenvalue weighted by Gasteiger charge is 2.21. The topological polar surface area (TPSA) is 111 Å². The second-order valence-electron chi connectivity index (χ2n) is 8.04. The highest BCUT2D eigenvalue weighted by atomic mass is 16.3. The molecule has 0 radical (unpaired) electrons. The van der Waals surface area contributed by atoms with Gasteiger partial charge in [0.15, 0.2) is 5.43 Å². The van der Waals surface area contributed by atoms with Gasteiger partial charge in [-0.3, -0.25) is 4.79 Å². The normalized spacial score (nSPS) is 12.0. The summed E-state index contributed by atoms with van der Waals surface area (Å²) in [5.41, 5.74) is 1.99. The second kappa shape index (κ2) is 8.60. The third-order valence-corrected chi connectivity index (χ3v) is 5.28. The maximum atomic E-state index is 12.8. The first-order chi connectivity index (χ1) is 14.6. The molecule has 4 N–H and O–H groups in total. The molecule has 6 nitrogen and oxygen atoms in total. The van der Waals surface area contributed by atoms with E-state index in [-0.39, 0.29) is 56.8 Å². The first-order valence-corrected chi connectivity index (χ1v) is 9.91. The molecule has 0 saturated heterocycles. The summed E-state index contributed by atoms with van der Waals surface area (Å²) in [5.74, 6) is -0.896. The quantitative estimate of drug-likeness (QED) is 0.397. The van der Waals surface area contributed by atoms with Crippen molar-refractivity contribution in [2.24, 2.45) is 5.92 Å². The number of hydrogen-bond acceptors (Lipinski definition) is 6. The van der Waals surface area contributed by atoms with Gasteiger partial charge in [-0.2, -0.15) is 0 Å².